The van der Waals surface area contributed by atoms with Crippen molar-refractivity contribution in [3.05, 3.63) is 33.3 Å². The van der Waals surface area contributed by atoms with Crippen LogP contribution >= 0.6 is 11.3 Å². The Balaban J connectivity index is 2.07. The number of anilines is 1. The molecule has 0 fully saturated rings. The van der Waals surface area contributed by atoms with Crippen molar-refractivity contribution in [2.75, 3.05) is 19.0 Å². The van der Waals surface area contributed by atoms with Gasteiger partial charge in [0.05, 0.1) is 18.4 Å². The van der Waals surface area contributed by atoms with E-state index in [0.29, 0.717) is 12.4 Å². The van der Waals surface area contributed by atoms with Crippen molar-refractivity contribution in [1.29, 1.82) is 0 Å². The molecule has 2 aromatic rings. The highest BCUT2D eigenvalue weighted by Gasteiger charge is 2.12. The van der Waals surface area contributed by atoms with Gasteiger partial charge in [0.2, 0.25) is 5.75 Å². The van der Waals surface area contributed by atoms with Gasteiger partial charge in [-0.2, -0.15) is 0 Å². The molecule has 0 spiro atoms. The average molecular weight is 266 g/mol. The normalized spacial score (nSPS) is 12.1. The van der Waals surface area contributed by atoms with Crippen LogP contribution in [0.15, 0.2) is 22.7 Å². The summed E-state index contributed by atoms with van der Waals surface area (Å²) < 4.78 is 5.02. The first-order valence-corrected chi connectivity index (χ1v) is 6.35. The zero-order valence-corrected chi connectivity index (χ0v) is 11.0. The number of thiazole rings is 1. The predicted octanol–water partition coefficient (Wildman–Crippen LogP) is 1.45. The molecule has 0 aromatic carbocycles. The van der Waals surface area contributed by atoms with Crippen molar-refractivity contribution < 1.29 is 4.74 Å². The van der Waals surface area contributed by atoms with Crippen LogP contribution in [0.4, 0.5) is 5.82 Å². The average Bonchev–Trinajstić information content (AvgIpc) is 2.90. The molecule has 2 rings (SSSR count). The monoisotopic (exact) mass is 266 g/mol. The minimum Gasteiger partial charge on any atom is -0.489 e. The highest BCUT2D eigenvalue weighted by molar-refractivity contribution is 7.09. The molecule has 1 unspecified atom stereocenters. The summed E-state index contributed by atoms with van der Waals surface area (Å²) in [5, 5.41) is 6.09. The summed E-state index contributed by atoms with van der Waals surface area (Å²) in [6, 6.07) is 0. The molecular weight excluding hydrogens is 252 g/mol. The van der Waals surface area contributed by atoms with Gasteiger partial charge in [-0.3, -0.25) is 4.79 Å². The Labute approximate surface area is 108 Å². The molecule has 0 aliphatic carbocycles. The smallest absolute Gasteiger partial charge is 0.295 e. The van der Waals surface area contributed by atoms with Gasteiger partial charge in [0.1, 0.15) is 0 Å². The van der Waals surface area contributed by atoms with Gasteiger partial charge < -0.3 is 15.0 Å². The van der Waals surface area contributed by atoms with Crippen molar-refractivity contribution in [2.45, 2.75) is 12.8 Å². The maximum atomic E-state index is 11.5. The second kappa shape index (κ2) is 5.63. The number of rotatable bonds is 5. The first-order chi connectivity index (χ1) is 8.72. The number of hydrogen-bond acceptors (Lipinski definition) is 6. The summed E-state index contributed by atoms with van der Waals surface area (Å²) >= 11 is 1.61. The molecular formula is C11H14N4O2S. The second-order valence-corrected chi connectivity index (χ2v) is 4.69. The molecule has 2 aromatic heterocycles. The van der Waals surface area contributed by atoms with Crippen LogP contribution in [-0.4, -0.2) is 28.6 Å². The van der Waals surface area contributed by atoms with Crippen LogP contribution in [0.1, 0.15) is 17.8 Å². The third-order valence-electron chi connectivity index (χ3n) is 2.46. The molecule has 0 saturated carbocycles. The Kier molecular flexibility index (Phi) is 3.93. The molecule has 6 nitrogen and oxygen atoms in total. The Hall–Kier alpha value is -1.89. The van der Waals surface area contributed by atoms with E-state index in [0.717, 1.165) is 5.01 Å². The van der Waals surface area contributed by atoms with E-state index in [1.165, 1.54) is 13.4 Å². The lowest BCUT2D eigenvalue weighted by Gasteiger charge is -2.12. The van der Waals surface area contributed by atoms with Gasteiger partial charge >= 0.3 is 0 Å². The van der Waals surface area contributed by atoms with Crippen molar-refractivity contribution in [1.82, 2.24) is 15.0 Å². The third-order valence-corrected chi connectivity index (χ3v) is 3.47. The number of aromatic amines is 1. The van der Waals surface area contributed by atoms with Crippen LogP contribution in [0, 0.1) is 0 Å². The molecule has 96 valence electrons. The molecule has 0 bridgehead atoms. The van der Waals surface area contributed by atoms with Gasteiger partial charge in [-0.05, 0) is 0 Å². The highest BCUT2D eigenvalue weighted by Crippen LogP contribution is 2.20. The minimum atomic E-state index is -0.295. The maximum absolute atomic E-state index is 11.5. The van der Waals surface area contributed by atoms with E-state index < -0.39 is 0 Å². The summed E-state index contributed by atoms with van der Waals surface area (Å²) in [5.41, 5.74) is -0.295. The number of nitrogens with zero attached hydrogens (tertiary/aromatic N) is 2. The Bertz CT molecular complexity index is 552. The molecule has 1 atom stereocenters. The topological polar surface area (TPSA) is 79.9 Å². The van der Waals surface area contributed by atoms with Crippen molar-refractivity contribution in [3.63, 3.8) is 0 Å². The van der Waals surface area contributed by atoms with Gasteiger partial charge in [-0.25, -0.2) is 9.97 Å². The molecule has 7 heteroatoms. The van der Waals surface area contributed by atoms with E-state index >= 15 is 0 Å². The number of ether oxygens (including phenoxy) is 1. The summed E-state index contributed by atoms with van der Waals surface area (Å²) in [4.78, 5) is 22.2. The fraction of sp³-hybridized carbons (Fsp3) is 0.364. The Morgan fingerprint density at radius 1 is 1.56 bits per heavy atom. The number of H-pyrrole nitrogens is 1. The minimum absolute atomic E-state index is 0.198. The van der Waals surface area contributed by atoms with Crippen LogP contribution in [0.3, 0.4) is 0 Å². The van der Waals surface area contributed by atoms with Gasteiger partial charge in [-0.1, -0.05) is 6.92 Å². The van der Waals surface area contributed by atoms with Crippen LogP contribution in [0.5, 0.6) is 5.75 Å². The number of aromatic nitrogens is 3. The van der Waals surface area contributed by atoms with Crippen LogP contribution in [0.25, 0.3) is 0 Å². The lowest BCUT2D eigenvalue weighted by Crippen LogP contribution is -2.16. The van der Waals surface area contributed by atoms with Gasteiger partial charge in [0.25, 0.3) is 5.56 Å². The third kappa shape index (κ3) is 2.67. The fourth-order valence-corrected chi connectivity index (χ4v) is 2.22. The van der Waals surface area contributed by atoms with Crippen molar-refractivity contribution >= 4 is 17.2 Å². The van der Waals surface area contributed by atoms with Crippen LogP contribution < -0.4 is 15.6 Å². The molecule has 0 aliphatic rings. The van der Waals surface area contributed by atoms with E-state index in [1.54, 1.807) is 17.5 Å². The Morgan fingerprint density at radius 3 is 3.06 bits per heavy atom. The van der Waals surface area contributed by atoms with E-state index in [4.69, 9.17) is 4.74 Å². The second-order valence-electron chi connectivity index (χ2n) is 3.77. The zero-order chi connectivity index (χ0) is 13.0. The molecule has 0 amide bonds. The standard InChI is InChI=1S/C11H14N4O2S/c1-7(11-12-3-4-18-11)5-13-9-8(17-2)10(16)15-6-14-9/h3-4,6-7H,5H2,1-2H3,(H2,13,14,15,16). The quantitative estimate of drug-likeness (QED) is 0.856. The number of methoxy groups -OCH3 is 1. The fourth-order valence-electron chi connectivity index (χ4n) is 1.52. The van der Waals surface area contributed by atoms with E-state index in [2.05, 4.69) is 27.2 Å². The van der Waals surface area contributed by atoms with Crippen LogP contribution in [-0.2, 0) is 0 Å². The molecule has 0 aliphatic heterocycles. The van der Waals surface area contributed by atoms with Gasteiger partial charge in [0.15, 0.2) is 5.82 Å². The van der Waals surface area contributed by atoms with E-state index in [9.17, 15) is 4.79 Å². The SMILES string of the molecule is COc1c(NCC(C)c2nccs2)nc[nH]c1=O. The maximum Gasteiger partial charge on any atom is 0.295 e. The van der Waals surface area contributed by atoms with Crippen molar-refractivity contribution in [3.8, 4) is 5.75 Å². The van der Waals surface area contributed by atoms with E-state index in [1.807, 2.05) is 5.38 Å². The molecule has 2 heterocycles. The molecule has 0 saturated heterocycles. The lowest BCUT2D eigenvalue weighted by molar-refractivity contribution is 0.408. The largest absolute Gasteiger partial charge is 0.489 e. The molecule has 18 heavy (non-hydrogen) atoms. The summed E-state index contributed by atoms with van der Waals surface area (Å²) in [6.45, 7) is 2.70. The summed E-state index contributed by atoms with van der Waals surface area (Å²) in [6.07, 6.45) is 3.13. The first kappa shape index (κ1) is 12.6. The van der Waals surface area contributed by atoms with E-state index in [-0.39, 0.29) is 17.2 Å². The number of hydrogen-bond donors (Lipinski definition) is 2. The first-order valence-electron chi connectivity index (χ1n) is 5.47. The summed E-state index contributed by atoms with van der Waals surface area (Å²) in [7, 11) is 1.45. The summed E-state index contributed by atoms with van der Waals surface area (Å²) in [5.74, 6) is 0.893. The zero-order valence-electron chi connectivity index (χ0n) is 10.1. The van der Waals surface area contributed by atoms with Gasteiger partial charge in [-0.15, -0.1) is 11.3 Å². The molecule has 2 N–H and O–H groups in total. The highest BCUT2D eigenvalue weighted by atomic mass is 32.1. The van der Waals surface area contributed by atoms with Crippen LogP contribution in [0.2, 0.25) is 0 Å². The van der Waals surface area contributed by atoms with Crippen molar-refractivity contribution in [2.24, 2.45) is 0 Å². The Morgan fingerprint density at radius 2 is 2.39 bits per heavy atom. The van der Waals surface area contributed by atoms with Gasteiger partial charge in [0, 0.05) is 24.0 Å². The lowest BCUT2D eigenvalue weighted by atomic mass is 10.2. The molecule has 0 radical (unpaired) electrons. The number of nitrogens with one attached hydrogen (secondary N) is 2. The predicted molar refractivity (Wildman–Crippen MR) is 70.4 cm³/mol.